The Balaban J connectivity index is 2.56. The van der Waals surface area contributed by atoms with Gasteiger partial charge in [-0.25, -0.2) is 9.13 Å². The van der Waals surface area contributed by atoms with Gasteiger partial charge in [0.15, 0.2) is 6.17 Å². The number of nitrogens with zero attached hydrogens (tertiary/aromatic N) is 2. The Hall–Kier alpha value is -0.830. The Bertz CT molecular complexity index is 268. The Kier molecular flexibility index (Phi) is 5.40. The quantitative estimate of drug-likeness (QED) is 0.684. The molecule has 0 saturated carbocycles. The zero-order chi connectivity index (χ0) is 11.1. The Labute approximate surface area is 93.1 Å². The van der Waals surface area contributed by atoms with Crippen LogP contribution < -0.4 is 9.88 Å². The lowest BCUT2D eigenvalue weighted by molar-refractivity contribution is -0.697. The molecule has 0 aliphatic rings. The molecule has 1 rings (SSSR count). The third kappa shape index (κ3) is 3.67. The van der Waals surface area contributed by atoms with Crippen LogP contribution in [-0.2, 0) is 6.54 Å². The number of aryl methyl sites for hydroxylation is 1. The lowest BCUT2D eigenvalue weighted by Gasteiger charge is -2.10. The molecule has 0 amide bonds. The van der Waals surface area contributed by atoms with Gasteiger partial charge in [0.2, 0.25) is 6.33 Å². The second-order valence-electron chi connectivity index (χ2n) is 4.05. The van der Waals surface area contributed by atoms with E-state index in [1.165, 1.54) is 25.7 Å². The SMILES string of the molecule is CCCC[n+]1ccn(C(CCC)NC)c1. The van der Waals surface area contributed by atoms with Crippen molar-refractivity contribution in [2.75, 3.05) is 7.05 Å². The number of imidazole rings is 1. The van der Waals surface area contributed by atoms with Crippen molar-refractivity contribution < 1.29 is 4.57 Å². The van der Waals surface area contributed by atoms with Crippen molar-refractivity contribution in [3.63, 3.8) is 0 Å². The van der Waals surface area contributed by atoms with Gasteiger partial charge >= 0.3 is 0 Å². The third-order valence-corrected chi connectivity index (χ3v) is 2.74. The average molecular weight is 210 g/mol. The Morgan fingerprint density at radius 1 is 1.33 bits per heavy atom. The molecule has 0 saturated heterocycles. The molecule has 1 aromatic heterocycles. The predicted octanol–water partition coefficient (Wildman–Crippen LogP) is 2.09. The monoisotopic (exact) mass is 210 g/mol. The van der Waals surface area contributed by atoms with Crippen LogP contribution in [0.2, 0.25) is 0 Å². The number of rotatable bonds is 7. The molecule has 3 heteroatoms. The lowest BCUT2D eigenvalue weighted by Crippen LogP contribution is -2.32. The van der Waals surface area contributed by atoms with Gasteiger partial charge in [0.1, 0.15) is 12.4 Å². The van der Waals surface area contributed by atoms with Crippen molar-refractivity contribution in [2.45, 2.75) is 52.2 Å². The largest absolute Gasteiger partial charge is 0.282 e. The van der Waals surface area contributed by atoms with Crippen LogP contribution in [-0.4, -0.2) is 11.6 Å². The minimum absolute atomic E-state index is 0.442. The normalized spacial score (nSPS) is 13.0. The smallest absolute Gasteiger partial charge is 0.245 e. The van der Waals surface area contributed by atoms with E-state index in [9.17, 15) is 0 Å². The van der Waals surface area contributed by atoms with Crippen LogP contribution in [0.15, 0.2) is 18.7 Å². The molecule has 0 spiro atoms. The highest BCUT2D eigenvalue weighted by Crippen LogP contribution is 2.07. The van der Waals surface area contributed by atoms with Crippen molar-refractivity contribution in [1.82, 2.24) is 9.88 Å². The van der Waals surface area contributed by atoms with Crippen molar-refractivity contribution in [2.24, 2.45) is 0 Å². The molecule has 86 valence electrons. The van der Waals surface area contributed by atoms with Crippen LogP contribution in [0.4, 0.5) is 0 Å². The Morgan fingerprint density at radius 2 is 2.13 bits per heavy atom. The zero-order valence-electron chi connectivity index (χ0n) is 10.2. The van der Waals surface area contributed by atoms with Gasteiger partial charge in [-0.2, -0.15) is 0 Å². The first-order valence-electron chi connectivity index (χ1n) is 6.05. The minimum atomic E-state index is 0.442. The van der Waals surface area contributed by atoms with E-state index in [0.29, 0.717) is 6.17 Å². The van der Waals surface area contributed by atoms with Crippen LogP contribution in [0.3, 0.4) is 0 Å². The lowest BCUT2D eigenvalue weighted by atomic mass is 10.3. The summed E-state index contributed by atoms with van der Waals surface area (Å²) in [6, 6.07) is 0. The molecule has 0 aliphatic heterocycles. The summed E-state index contributed by atoms with van der Waals surface area (Å²) in [6.45, 7) is 5.58. The van der Waals surface area contributed by atoms with E-state index in [-0.39, 0.29) is 0 Å². The first-order chi connectivity index (χ1) is 7.31. The van der Waals surface area contributed by atoms with E-state index in [1.807, 2.05) is 7.05 Å². The van der Waals surface area contributed by atoms with E-state index >= 15 is 0 Å². The highest BCUT2D eigenvalue weighted by Gasteiger charge is 2.12. The molecule has 0 radical (unpaired) electrons. The van der Waals surface area contributed by atoms with Crippen molar-refractivity contribution in [3.8, 4) is 0 Å². The fourth-order valence-corrected chi connectivity index (χ4v) is 1.78. The van der Waals surface area contributed by atoms with Crippen LogP contribution in [0.5, 0.6) is 0 Å². The summed E-state index contributed by atoms with van der Waals surface area (Å²) in [4.78, 5) is 0. The van der Waals surface area contributed by atoms with Crippen LogP contribution in [0.25, 0.3) is 0 Å². The maximum Gasteiger partial charge on any atom is 0.245 e. The maximum absolute atomic E-state index is 3.34. The fraction of sp³-hybridized carbons (Fsp3) is 0.750. The van der Waals surface area contributed by atoms with Gasteiger partial charge in [-0.3, -0.25) is 5.32 Å². The molecule has 1 aromatic rings. The molecule has 0 aromatic carbocycles. The Morgan fingerprint density at radius 3 is 2.73 bits per heavy atom. The number of hydrogen-bond acceptors (Lipinski definition) is 1. The molecule has 0 fully saturated rings. The zero-order valence-corrected chi connectivity index (χ0v) is 10.2. The molecule has 1 atom stereocenters. The summed E-state index contributed by atoms with van der Waals surface area (Å²) >= 11 is 0. The molecule has 15 heavy (non-hydrogen) atoms. The molecule has 1 N–H and O–H groups in total. The molecule has 0 bridgehead atoms. The van der Waals surface area contributed by atoms with Gasteiger partial charge in [-0.05, 0) is 13.5 Å². The summed E-state index contributed by atoms with van der Waals surface area (Å²) in [5, 5.41) is 3.34. The van der Waals surface area contributed by atoms with Crippen LogP contribution >= 0.6 is 0 Å². The van der Waals surface area contributed by atoms with Crippen LogP contribution in [0, 0.1) is 0 Å². The van der Waals surface area contributed by atoms with E-state index in [1.54, 1.807) is 0 Å². The van der Waals surface area contributed by atoms with Gasteiger partial charge < -0.3 is 0 Å². The third-order valence-electron chi connectivity index (χ3n) is 2.74. The number of hydrogen-bond donors (Lipinski definition) is 1. The summed E-state index contributed by atoms with van der Waals surface area (Å²) in [7, 11) is 2.02. The summed E-state index contributed by atoms with van der Waals surface area (Å²) in [5.41, 5.74) is 0. The van der Waals surface area contributed by atoms with Gasteiger partial charge in [-0.15, -0.1) is 0 Å². The molecule has 0 aliphatic carbocycles. The van der Waals surface area contributed by atoms with E-state index in [4.69, 9.17) is 0 Å². The highest BCUT2D eigenvalue weighted by atomic mass is 15.2. The second kappa shape index (κ2) is 6.62. The topological polar surface area (TPSA) is 20.8 Å². The van der Waals surface area contributed by atoms with Gasteiger partial charge in [0.05, 0.1) is 6.54 Å². The average Bonchev–Trinajstić information content (AvgIpc) is 2.71. The molecule has 1 unspecified atom stereocenters. The molecular weight excluding hydrogens is 186 g/mol. The van der Waals surface area contributed by atoms with E-state index in [2.05, 4.69) is 47.0 Å². The first kappa shape index (κ1) is 12.2. The predicted molar refractivity (Wildman–Crippen MR) is 62.5 cm³/mol. The summed E-state index contributed by atoms with van der Waals surface area (Å²) < 4.78 is 4.53. The summed E-state index contributed by atoms with van der Waals surface area (Å²) in [5.74, 6) is 0. The fourth-order valence-electron chi connectivity index (χ4n) is 1.78. The minimum Gasteiger partial charge on any atom is -0.282 e. The number of nitrogens with one attached hydrogen (secondary N) is 1. The van der Waals surface area contributed by atoms with Gasteiger partial charge in [-0.1, -0.05) is 26.7 Å². The van der Waals surface area contributed by atoms with Crippen molar-refractivity contribution in [3.05, 3.63) is 18.7 Å². The number of aromatic nitrogens is 2. The van der Waals surface area contributed by atoms with Crippen molar-refractivity contribution >= 4 is 0 Å². The second-order valence-corrected chi connectivity index (χ2v) is 4.05. The van der Waals surface area contributed by atoms with E-state index in [0.717, 1.165) is 6.54 Å². The molecule has 1 heterocycles. The first-order valence-corrected chi connectivity index (χ1v) is 6.05. The standard InChI is InChI=1S/C12H24N3/c1-4-6-8-14-9-10-15(11-14)12(13-3)7-5-2/h9-13H,4-8H2,1-3H3/q+1. The van der Waals surface area contributed by atoms with Crippen LogP contribution in [0.1, 0.15) is 45.7 Å². The van der Waals surface area contributed by atoms with Gasteiger partial charge in [0, 0.05) is 6.42 Å². The molecular formula is C12H24N3+. The number of unbranched alkanes of at least 4 members (excludes halogenated alkanes) is 1. The highest BCUT2D eigenvalue weighted by molar-refractivity contribution is 4.72. The van der Waals surface area contributed by atoms with E-state index < -0.39 is 0 Å². The molecule has 3 nitrogen and oxygen atoms in total. The van der Waals surface area contributed by atoms with Crippen molar-refractivity contribution in [1.29, 1.82) is 0 Å². The maximum atomic E-state index is 3.34. The van der Waals surface area contributed by atoms with Gasteiger partial charge in [0.25, 0.3) is 0 Å². The summed E-state index contributed by atoms with van der Waals surface area (Å²) in [6.07, 6.45) is 11.9.